The number of hydrogen-bond acceptors (Lipinski definition) is 4. The zero-order valence-electron chi connectivity index (χ0n) is 14.0. The van der Waals surface area contributed by atoms with Gasteiger partial charge in [0.2, 0.25) is 10.0 Å². The van der Waals surface area contributed by atoms with Crippen molar-refractivity contribution in [3.05, 3.63) is 47.8 Å². The molecule has 132 valence electrons. The molecule has 1 N–H and O–H groups in total. The van der Waals surface area contributed by atoms with Crippen molar-refractivity contribution >= 4 is 20.0 Å². The summed E-state index contributed by atoms with van der Waals surface area (Å²) in [4.78, 5) is 0.116. The zero-order chi connectivity index (χ0) is 18.0. The van der Waals surface area contributed by atoms with Gasteiger partial charge in [0.1, 0.15) is 4.90 Å². The third kappa shape index (κ3) is 3.55. The molecule has 0 saturated heterocycles. The highest BCUT2D eigenvalue weighted by molar-refractivity contribution is 7.90. The fraction of sp³-hybridized carbons (Fsp3) is 0.375. The Kier molecular flexibility index (Phi) is 5.52. The molecular formula is C16H22N2O4S2. The number of unbranched alkanes of at least 4 members (excludes halogenated alkanes) is 1. The van der Waals surface area contributed by atoms with Crippen LogP contribution >= 0.6 is 0 Å². The lowest BCUT2D eigenvalue weighted by Gasteiger charge is -2.11. The second-order valence-corrected chi connectivity index (χ2v) is 9.09. The van der Waals surface area contributed by atoms with E-state index in [-0.39, 0.29) is 15.5 Å². The normalized spacial score (nSPS) is 12.5. The summed E-state index contributed by atoms with van der Waals surface area (Å²) in [6.07, 6.45) is 1.59. The molecule has 0 aliphatic carbocycles. The van der Waals surface area contributed by atoms with Crippen LogP contribution in [0.3, 0.4) is 0 Å². The molecule has 1 heterocycles. The second-order valence-electron chi connectivity index (χ2n) is 5.57. The highest BCUT2D eigenvalue weighted by Gasteiger charge is 2.27. The summed E-state index contributed by atoms with van der Waals surface area (Å²) in [5.74, 6) is 0. The molecule has 0 bridgehead atoms. The van der Waals surface area contributed by atoms with Crippen LogP contribution in [0.5, 0.6) is 0 Å². The first-order valence-electron chi connectivity index (χ1n) is 7.71. The minimum absolute atomic E-state index is 0.00407. The maximum absolute atomic E-state index is 12.8. The standard InChI is InChI=1S/C16H22N2O4S2/c1-4-5-11-17-23(19,20)16-12-13(2)18(14(16)3)24(21,22)15-9-7-6-8-10-15/h6-10,12,17H,4-5,11H2,1-3H3. The van der Waals surface area contributed by atoms with Crippen LogP contribution in [-0.2, 0) is 20.0 Å². The van der Waals surface area contributed by atoms with E-state index >= 15 is 0 Å². The predicted octanol–water partition coefficient (Wildman–Crippen LogP) is 2.42. The number of benzene rings is 1. The molecule has 2 rings (SSSR count). The lowest BCUT2D eigenvalue weighted by molar-refractivity contribution is 0.577. The molecule has 2 aromatic rings. The van der Waals surface area contributed by atoms with Gasteiger partial charge in [-0.3, -0.25) is 0 Å². The first kappa shape index (κ1) is 18.7. The van der Waals surface area contributed by atoms with Crippen LogP contribution in [0.25, 0.3) is 0 Å². The van der Waals surface area contributed by atoms with E-state index in [1.165, 1.54) is 25.1 Å². The molecule has 0 spiro atoms. The Morgan fingerprint density at radius 2 is 1.67 bits per heavy atom. The summed E-state index contributed by atoms with van der Waals surface area (Å²) >= 11 is 0. The number of aromatic nitrogens is 1. The first-order valence-corrected chi connectivity index (χ1v) is 10.6. The van der Waals surface area contributed by atoms with Crippen LogP contribution in [0.2, 0.25) is 0 Å². The fourth-order valence-electron chi connectivity index (χ4n) is 2.52. The molecule has 8 heteroatoms. The Labute approximate surface area is 143 Å². The minimum atomic E-state index is -3.84. The number of hydrogen-bond donors (Lipinski definition) is 1. The molecule has 0 unspecified atom stereocenters. The van der Waals surface area contributed by atoms with Crippen molar-refractivity contribution in [1.29, 1.82) is 0 Å². The van der Waals surface area contributed by atoms with Crippen molar-refractivity contribution in [3.8, 4) is 0 Å². The molecule has 0 aliphatic rings. The van der Waals surface area contributed by atoms with E-state index in [4.69, 9.17) is 0 Å². The van der Waals surface area contributed by atoms with Crippen molar-refractivity contribution < 1.29 is 16.8 Å². The van der Waals surface area contributed by atoms with Gasteiger partial charge in [0.25, 0.3) is 10.0 Å². The van der Waals surface area contributed by atoms with Crippen molar-refractivity contribution in [2.24, 2.45) is 0 Å². The van der Waals surface area contributed by atoms with Gasteiger partial charge >= 0.3 is 0 Å². The van der Waals surface area contributed by atoms with Crippen molar-refractivity contribution in [1.82, 2.24) is 8.69 Å². The highest BCUT2D eigenvalue weighted by atomic mass is 32.2. The molecule has 24 heavy (non-hydrogen) atoms. The molecule has 1 aromatic heterocycles. The summed E-state index contributed by atoms with van der Waals surface area (Å²) in [6.45, 7) is 5.38. The fourth-order valence-corrected chi connectivity index (χ4v) is 5.55. The van der Waals surface area contributed by atoms with E-state index in [1.54, 1.807) is 25.1 Å². The number of nitrogens with one attached hydrogen (secondary N) is 1. The van der Waals surface area contributed by atoms with Gasteiger partial charge in [0, 0.05) is 12.2 Å². The number of aryl methyl sites for hydroxylation is 1. The lowest BCUT2D eigenvalue weighted by atomic mass is 10.3. The Balaban J connectivity index is 2.51. The van der Waals surface area contributed by atoms with E-state index in [1.807, 2.05) is 6.92 Å². The van der Waals surface area contributed by atoms with Gasteiger partial charge < -0.3 is 0 Å². The Morgan fingerprint density at radius 1 is 1.04 bits per heavy atom. The van der Waals surface area contributed by atoms with Crippen molar-refractivity contribution in [2.75, 3.05) is 6.54 Å². The summed E-state index contributed by atoms with van der Waals surface area (Å²) in [5.41, 5.74) is 0.535. The van der Waals surface area contributed by atoms with Crippen LogP contribution < -0.4 is 4.72 Å². The topological polar surface area (TPSA) is 85.2 Å². The van der Waals surface area contributed by atoms with Gasteiger partial charge in [-0.05, 0) is 38.5 Å². The monoisotopic (exact) mass is 370 g/mol. The zero-order valence-corrected chi connectivity index (χ0v) is 15.6. The smallest absolute Gasteiger partial charge is 0.242 e. The van der Waals surface area contributed by atoms with Crippen molar-refractivity contribution in [2.45, 2.75) is 43.4 Å². The quantitative estimate of drug-likeness (QED) is 0.759. The molecular weight excluding hydrogens is 348 g/mol. The van der Waals surface area contributed by atoms with Gasteiger partial charge in [0.15, 0.2) is 0 Å². The van der Waals surface area contributed by atoms with Crippen LogP contribution in [0.4, 0.5) is 0 Å². The molecule has 0 amide bonds. The van der Waals surface area contributed by atoms with Gasteiger partial charge in [-0.1, -0.05) is 31.5 Å². The van der Waals surface area contributed by atoms with Crippen LogP contribution in [0, 0.1) is 13.8 Å². The Hall–Kier alpha value is -1.64. The van der Waals surface area contributed by atoms with Gasteiger partial charge in [0.05, 0.1) is 10.6 Å². The molecule has 0 radical (unpaired) electrons. The minimum Gasteiger partial charge on any atom is -0.242 e. The molecule has 1 aromatic carbocycles. The summed E-state index contributed by atoms with van der Waals surface area (Å²) < 4.78 is 54.1. The number of nitrogens with zero attached hydrogens (tertiary/aromatic N) is 1. The molecule has 6 nitrogen and oxygen atoms in total. The summed E-state index contributed by atoms with van der Waals surface area (Å²) in [6, 6.07) is 9.35. The third-order valence-corrected chi connectivity index (χ3v) is 7.20. The van der Waals surface area contributed by atoms with Gasteiger partial charge in [-0.2, -0.15) is 0 Å². The number of rotatable bonds is 7. The van der Waals surface area contributed by atoms with Crippen LogP contribution in [-0.4, -0.2) is 27.4 Å². The van der Waals surface area contributed by atoms with Crippen LogP contribution in [0.15, 0.2) is 46.2 Å². The van der Waals surface area contributed by atoms with Gasteiger partial charge in [-0.15, -0.1) is 0 Å². The molecule has 0 atom stereocenters. The predicted molar refractivity (Wildman–Crippen MR) is 93.0 cm³/mol. The Morgan fingerprint density at radius 3 is 2.25 bits per heavy atom. The molecule has 0 fully saturated rings. The number of sulfonamides is 1. The van der Waals surface area contributed by atoms with Crippen LogP contribution in [0.1, 0.15) is 31.2 Å². The molecule has 0 saturated carbocycles. The summed E-state index contributed by atoms with van der Waals surface area (Å²) in [5, 5.41) is 0. The first-order chi connectivity index (χ1) is 11.2. The average Bonchev–Trinajstić information content (AvgIpc) is 2.84. The Bertz CT molecular complexity index is 914. The second kappa shape index (κ2) is 7.08. The van der Waals surface area contributed by atoms with E-state index in [9.17, 15) is 16.8 Å². The van der Waals surface area contributed by atoms with E-state index in [0.717, 1.165) is 16.8 Å². The summed E-state index contributed by atoms with van der Waals surface area (Å²) in [7, 11) is -7.58. The largest absolute Gasteiger partial charge is 0.268 e. The highest BCUT2D eigenvalue weighted by Crippen LogP contribution is 2.25. The van der Waals surface area contributed by atoms with E-state index in [2.05, 4.69) is 4.72 Å². The van der Waals surface area contributed by atoms with Gasteiger partial charge in [-0.25, -0.2) is 25.5 Å². The molecule has 0 aliphatic heterocycles. The lowest BCUT2D eigenvalue weighted by Crippen LogP contribution is -2.25. The average molecular weight is 370 g/mol. The van der Waals surface area contributed by atoms with E-state index < -0.39 is 20.0 Å². The maximum Gasteiger partial charge on any atom is 0.268 e. The van der Waals surface area contributed by atoms with Crippen molar-refractivity contribution in [3.63, 3.8) is 0 Å². The van der Waals surface area contributed by atoms with E-state index in [0.29, 0.717) is 12.2 Å². The SMILES string of the molecule is CCCCNS(=O)(=O)c1cc(C)n(S(=O)(=O)c2ccccc2)c1C. The maximum atomic E-state index is 12.8. The third-order valence-electron chi connectivity index (χ3n) is 3.71.